The molecule has 0 saturated carbocycles. The van der Waals surface area contributed by atoms with Gasteiger partial charge in [-0.05, 0) is 24.6 Å². The molecule has 2 aromatic rings. The lowest BCUT2D eigenvalue weighted by Crippen LogP contribution is -2.23. The first kappa shape index (κ1) is 16.4. The van der Waals surface area contributed by atoms with Crippen molar-refractivity contribution in [2.75, 3.05) is 13.7 Å². The van der Waals surface area contributed by atoms with Crippen LogP contribution >= 0.6 is 0 Å². The van der Waals surface area contributed by atoms with Gasteiger partial charge < -0.3 is 9.26 Å². The zero-order chi connectivity index (χ0) is 16.2. The Balaban J connectivity index is 2.48. The molecule has 0 fully saturated rings. The number of aryl methyl sites for hydroxylation is 1. The summed E-state index contributed by atoms with van der Waals surface area (Å²) in [7, 11) is -2.06. The standard InChI is InChI=1S/C14H19N3O4S/c1-4-6-13-16-14(21-17-13)11-9-10(7-8-12(11)20-3)22(18,19)15-5-2/h7-9,15H,4-6H2,1-3H3. The van der Waals surface area contributed by atoms with Crippen LogP contribution in [0.1, 0.15) is 26.1 Å². The van der Waals surface area contributed by atoms with Crippen LogP contribution in [0.3, 0.4) is 0 Å². The molecule has 0 aliphatic rings. The van der Waals surface area contributed by atoms with Gasteiger partial charge in [0.25, 0.3) is 5.89 Å². The molecular formula is C14H19N3O4S. The van der Waals surface area contributed by atoms with E-state index in [9.17, 15) is 8.42 Å². The first-order valence-corrected chi connectivity index (χ1v) is 8.50. The molecule has 1 heterocycles. The molecule has 120 valence electrons. The first-order chi connectivity index (χ1) is 10.5. The largest absolute Gasteiger partial charge is 0.496 e. The highest BCUT2D eigenvalue weighted by Crippen LogP contribution is 2.31. The van der Waals surface area contributed by atoms with Gasteiger partial charge in [-0.2, -0.15) is 4.98 Å². The van der Waals surface area contributed by atoms with Crippen LogP contribution in [-0.4, -0.2) is 32.2 Å². The summed E-state index contributed by atoms with van der Waals surface area (Å²) < 4.78 is 37.1. The highest BCUT2D eigenvalue weighted by molar-refractivity contribution is 7.89. The van der Waals surface area contributed by atoms with Gasteiger partial charge in [-0.25, -0.2) is 13.1 Å². The van der Waals surface area contributed by atoms with Crippen LogP contribution in [0.4, 0.5) is 0 Å². The summed E-state index contributed by atoms with van der Waals surface area (Å²) in [5.74, 6) is 1.30. The fourth-order valence-corrected chi connectivity index (χ4v) is 3.05. The maximum Gasteiger partial charge on any atom is 0.261 e. The quantitative estimate of drug-likeness (QED) is 0.836. The molecule has 0 aliphatic heterocycles. The van der Waals surface area contributed by atoms with E-state index in [1.54, 1.807) is 13.0 Å². The molecule has 22 heavy (non-hydrogen) atoms. The van der Waals surface area contributed by atoms with Crippen LogP contribution in [0, 0.1) is 0 Å². The molecule has 1 N–H and O–H groups in total. The van der Waals surface area contributed by atoms with Crippen molar-refractivity contribution in [3.63, 3.8) is 0 Å². The summed E-state index contributed by atoms with van der Waals surface area (Å²) in [6, 6.07) is 4.52. The number of rotatable bonds is 7. The van der Waals surface area contributed by atoms with Gasteiger partial charge in [0.2, 0.25) is 10.0 Å². The van der Waals surface area contributed by atoms with E-state index in [-0.39, 0.29) is 10.8 Å². The maximum absolute atomic E-state index is 12.1. The average molecular weight is 325 g/mol. The topological polar surface area (TPSA) is 94.3 Å². The third-order valence-corrected chi connectivity index (χ3v) is 4.53. The molecule has 0 saturated heterocycles. The SMILES string of the molecule is CCCc1noc(-c2cc(S(=O)(=O)NCC)ccc2OC)n1. The van der Waals surface area contributed by atoms with Gasteiger partial charge in [0, 0.05) is 13.0 Å². The van der Waals surface area contributed by atoms with Crippen LogP contribution in [0.5, 0.6) is 5.75 Å². The first-order valence-electron chi connectivity index (χ1n) is 7.02. The summed E-state index contributed by atoms with van der Waals surface area (Å²) >= 11 is 0. The van der Waals surface area contributed by atoms with Gasteiger partial charge in [0.15, 0.2) is 5.82 Å². The number of benzene rings is 1. The third kappa shape index (κ3) is 3.45. The Morgan fingerprint density at radius 3 is 2.73 bits per heavy atom. The Morgan fingerprint density at radius 1 is 1.32 bits per heavy atom. The Kier molecular flexibility index (Phi) is 5.15. The number of hydrogen-bond acceptors (Lipinski definition) is 6. The normalized spacial score (nSPS) is 11.6. The molecule has 0 spiro atoms. The van der Waals surface area contributed by atoms with Gasteiger partial charge in [-0.3, -0.25) is 0 Å². The minimum atomic E-state index is -3.56. The van der Waals surface area contributed by atoms with Crippen molar-refractivity contribution in [3.05, 3.63) is 24.0 Å². The van der Waals surface area contributed by atoms with E-state index >= 15 is 0 Å². The molecule has 0 atom stereocenters. The van der Waals surface area contributed by atoms with Gasteiger partial charge in [-0.1, -0.05) is 19.0 Å². The maximum atomic E-state index is 12.1. The summed E-state index contributed by atoms with van der Waals surface area (Å²) in [4.78, 5) is 4.40. The number of methoxy groups -OCH3 is 1. The third-order valence-electron chi connectivity index (χ3n) is 2.99. The molecular weight excluding hydrogens is 306 g/mol. The van der Waals surface area contributed by atoms with Crippen molar-refractivity contribution in [2.45, 2.75) is 31.6 Å². The number of ether oxygens (including phenoxy) is 1. The van der Waals surface area contributed by atoms with Crippen molar-refractivity contribution in [3.8, 4) is 17.2 Å². The second-order valence-corrected chi connectivity index (χ2v) is 6.40. The highest BCUT2D eigenvalue weighted by atomic mass is 32.2. The molecule has 0 bridgehead atoms. The van der Waals surface area contributed by atoms with E-state index in [1.807, 2.05) is 6.92 Å². The van der Waals surface area contributed by atoms with Gasteiger partial charge in [0.05, 0.1) is 17.6 Å². The lowest BCUT2D eigenvalue weighted by atomic mass is 10.2. The van der Waals surface area contributed by atoms with Gasteiger partial charge in [-0.15, -0.1) is 0 Å². The monoisotopic (exact) mass is 325 g/mol. The number of hydrogen-bond donors (Lipinski definition) is 1. The second-order valence-electron chi connectivity index (χ2n) is 4.63. The minimum absolute atomic E-state index is 0.125. The van der Waals surface area contributed by atoms with E-state index in [4.69, 9.17) is 9.26 Å². The van der Waals surface area contributed by atoms with Crippen LogP contribution in [0.25, 0.3) is 11.5 Å². The zero-order valence-electron chi connectivity index (χ0n) is 12.8. The van der Waals surface area contributed by atoms with Crippen molar-refractivity contribution < 1.29 is 17.7 Å². The molecule has 0 radical (unpaired) electrons. The molecule has 1 aromatic carbocycles. The lowest BCUT2D eigenvalue weighted by Gasteiger charge is -2.09. The summed E-state index contributed by atoms with van der Waals surface area (Å²) in [5.41, 5.74) is 0.455. The van der Waals surface area contributed by atoms with Crippen LogP contribution in [0.15, 0.2) is 27.6 Å². The second kappa shape index (κ2) is 6.89. The summed E-state index contributed by atoms with van der Waals surface area (Å²) in [5, 5.41) is 3.88. The summed E-state index contributed by atoms with van der Waals surface area (Å²) in [6.07, 6.45) is 1.59. The van der Waals surface area contributed by atoms with Gasteiger partial charge >= 0.3 is 0 Å². The van der Waals surface area contributed by atoms with E-state index in [0.717, 1.165) is 6.42 Å². The van der Waals surface area contributed by atoms with Gasteiger partial charge in [0.1, 0.15) is 5.75 Å². The number of sulfonamides is 1. The molecule has 0 aliphatic carbocycles. The predicted molar refractivity (Wildman–Crippen MR) is 81.1 cm³/mol. The fraction of sp³-hybridized carbons (Fsp3) is 0.429. The molecule has 1 aromatic heterocycles. The molecule has 7 nitrogen and oxygen atoms in total. The van der Waals surface area contributed by atoms with E-state index in [0.29, 0.717) is 30.1 Å². The van der Waals surface area contributed by atoms with E-state index < -0.39 is 10.0 Å². The number of nitrogens with one attached hydrogen (secondary N) is 1. The lowest BCUT2D eigenvalue weighted by molar-refractivity contribution is 0.402. The van der Waals surface area contributed by atoms with Crippen LogP contribution < -0.4 is 9.46 Å². The average Bonchev–Trinajstić information content (AvgIpc) is 2.95. The molecule has 2 rings (SSSR count). The number of aromatic nitrogens is 2. The Hall–Kier alpha value is -1.93. The smallest absolute Gasteiger partial charge is 0.261 e. The van der Waals surface area contributed by atoms with Crippen molar-refractivity contribution in [1.29, 1.82) is 0 Å². The van der Waals surface area contributed by atoms with Crippen molar-refractivity contribution in [1.82, 2.24) is 14.9 Å². The minimum Gasteiger partial charge on any atom is -0.496 e. The molecule has 0 unspecified atom stereocenters. The van der Waals surface area contributed by atoms with Crippen LogP contribution in [0.2, 0.25) is 0 Å². The van der Waals surface area contributed by atoms with Crippen molar-refractivity contribution in [2.24, 2.45) is 0 Å². The van der Waals surface area contributed by atoms with Crippen molar-refractivity contribution >= 4 is 10.0 Å². The fourth-order valence-electron chi connectivity index (χ4n) is 1.98. The summed E-state index contributed by atoms with van der Waals surface area (Å²) in [6.45, 7) is 4.04. The van der Waals surface area contributed by atoms with E-state index in [2.05, 4.69) is 14.9 Å². The predicted octanol–water partition coefficient (Wildman–Crippen LogP) is 2.00. The highest BCUT2D eigenvalue weighted by Gasteiger charge is 2.19. The zero-order valence-corrected chi connectivity index (χ0v) is 13.6. The Labute approximate surface area is 129 Å². The molecule has 8 heteroatoms. The Morgan fingerprint density at radius 2 is 2.09 bits per heavy atom. The Bertz CT molecular complexity index is 740. The molecule has 0 amide bonds. The van der Waals surface area contributed by atoms with E-state index in [1.165, 1.54) is 19.2 Å². The van der Waals surface area contributed by atoms with Crippen LogP contribution in [-0.2, 0) is 16.4 Å². The number of nitrogens with zero attached hydrogens (tertiary/aromatic N) is 2.